The third-order valence-corrected chi connectivity index (χ3v) is 6.26. The van der Waals surface area contributed by atoms with E-state index in [1.165, 1.54) is 26.4 Å². The molecule has 0 saturated heterocycles. The maximum Gasteiger partial charge on any atom is 0.335 e. The van der Waals surface area contributed by atoms with Crippen LogP contribution in [0.25, 0.3) is 0 Å². The van der Waals surface area contributed by atoms with Crippen molar-refractivity contribution in [3.63, 3.8) is 0 Å². The summed E-state index contributed by atoms with van der Waals surface area (Å²) < 4.78 is 16.6. The number of benzene rings is 3. The number of aromatic carboxylic acids is 2. The number of hydrogen-bond acceptors (Lipinski definition) is 6. The minimum absolute atomic E-state index is 0.00469. The van der Waals surface area contributed by atoms with Gasteiger partial charge in [-0.1, -0.05) is 12.1 Å². The zero-order valence-corrected chi connectivity index (χ0v) is 19.2. The molecule has 4 rings (SSSR count). The van der Waals surface area contributed by atoms with Crippen LogP contribution in [0, 0.1) is 5.41 Å². The number of ether oxygens (including phenoxy) is 3. The third-order valence-electron chi connectivity index (χ3n) is 6.26. The van der Waals surface area contributed by atoms with Crippen molar-refractivity contribution in [1.82, 2.24) is 0 Å². The molecule has 3 aromatic rings. The number of fused-ring (bicyclic) bond motifs is 1. The Hall–Kier alpha value is -4.33. The topological polar surface area (TPSA) is 119 Å². The van der Waals surface area contributed by atoms with Crippen LogP contribution in [0.3, 0.4) is 0 Å². The van der Waals surface area contributed by atoms with Gasteiger partial charge < -0.3 is 24.4 Å². The first-order valence-electron chi connectivity index (χ1n) is 10.8. The molecule has 1 aliphatic heterocycles. The van der Waals surface area contributed by atoms with Gasteiger partial charge in [0.05, 0.1) is 36.3 Å². The molecule has 0 aliphatic carbocycles. The lowest BCUT2D eigenvalue weighted by atomic mass is 9.69. The van der Waals surface area contributed by atoms with E-state index < -0.39 is 17.4 Å². The van der Waals surface area contributed by atoms with Gasteiger partial charge in [-0.25, -0.2) is 9.59 Å². The van der Waals surface area contributed by atoms with Crippen LogP contribution in [0.4, 0.5) is 0 Å². The SMILES string of the molecule is COc1ccc(C(=O)O)c(CC2(Cc3cc(OC)ccc3C(=O)O)COc3ccccc3C2=O)c1. The van der Waals surface area contributed by atoms with Crippen molar-refractivity contribution in [1.29, 1.82) is 0 Å². The molecule has 35 heavy (non-hydrogen) atoms. The molecule has 1 aliphatic rings. The first-order chi connectivity index (χ1) is 16.8. The molecule has 0 unspecified atom stereocenters. The second kappa shape index (κ2) is 9.50. The van der Waals surface area contributed by atoms with Gasteiger partial charge in [-0.05, 0) is 72.5 Å². The van der Waals surface area contributed by atoms with Crippen molar-refractivity contribution >= 4 is 17.7 Å². The van der Waals surface area contributed by atoms with Gasteiger partial charge in [-0.15, -0.1) is 0 Å². The average molecular weight is 476 g/mol. The number of para-hydroxylation sites is 1. The summed E-state index contributed by atoms with van der Waals surface area (Å²) in [7, 11) is 2.94. The summed E-state index contributed by atoms with van der Waals surface area (Å²) in [5.74, 6) is -1.22. The van der Waals surface area contributed by atoms with E-state index in [1.807, 2.05) is 0 Å². The van der Waals surface area contributed by atoms with Gasteiger partial charge in [0.25, 0.3) is 0 Å². The van der Waals surface area contributed by atoms with Crippen LogP contribution in [-0.2, 0) is 12.8 Å². The summed E-state index contributed by atoms with van der Waals surface area (Å²) >= 11 is 0. The highest BCUT2D eigenvalue weighted by atomic mass is 16.5. The van der Waals surface area contributed by atoms with Crippen LogP contribution in [0.5, 0.6) is 17.2 Å². The Kier molecular flexibility index (Phi) is 6.46. The monoisotopic (exact) mass is 476 g/mol. The summed E-state index contributed by atoms with van der Waals surface area (Å²) in [5.41, 5.74) is -0.0948. The van der Waals surface area contributed by atoms with E-state index in [1.54, 1.807) is 48.5 Å². The molecule has 0 amide bonds. The van der Waals surface area contributed by atoms with Crippen molar-refractivity contribution in [3.05, 3.63) is 88.5 Å². The molecule has 0 spiro atoms. The first-order valence-corrected chi connectivity index (χ1v) is 10.8. The molecular weight excluding hydrogens is 452 g/mol. The molecule has 2 N–H and O–H groups in total. The highest BCUT2D eigenvalue weighted by Crippen LogP contribution is 2.41. The first kappa shape index (κ1) is 23.8. The summed E-state index contributed by atoms with van der Waals surface area (Å²) in [5, 5.41) is 19.6. The Morgan fingerprint density at radius 3 is 1.86 bits per heavy atom. The van der Waals surface area contributed by atoms with Crippen LogP contribution in [0.1, 0.15) is 42.2 Å². The van der Waals surface area contributed by atoms with Crippen LogP contribution in [0.2, 0.25) is 0 Å². The Morgan fingerprint density at radius 1 is 0.857 bits per heavy atom. The zero-order chi connectivity index (χ0) is 25.2. The minimum atomic E-state index is -1.28. The predicted octanol–water partition coefficient (Wildman–Crippen LogP) is 4.15. The largest absolute Gasteiger partial charge is 0.497 e. The van der Waals surface area contributed by atoms with Crippen LogP contribution in [-0.4, -0.2) is 48.8 Å². The smallest absolute Gasteiger partial charge is 0.335 e. The standard InChI is InChI=1S/C27H24O8/c1-33-18-7-9-20(25(29)30)16(11-18)13-27(15-35-23-6-4-3-5-22(23)24(27)28)14-17-12-19(34-2)8-10-21(17)26(31)32/h3-12H,13-15H2,1-2H3,(H,29,30)(H,31,32). The van der Waals surface area contributed by atoms with E-state index in [2.05, 4.69) is 0 Å². The van der Waals surface area contributed by atoms with E-state index >= 15 is 0 Å². The number of carboxylic acid groups (broad SMARTS) is 2. The molecule has 0 bridgehead atoms. The molecule has 8 heteroatoms. The number of carboxylic acids is 2. The minimum Gasteiger partial charge on any atom is -0.497 e. The zero-order valence-electron chi connectivity index (χ0n) is 19.2. The van der Waals surface area contributed by atoms with Gasteiger partial charge in [-0.3, -0.25) is 4.79 Å². The highest BCUT2D eigenvalue weighted by Gasteiger charge is 2.45. The number of Topliss-reactive ketones (excluding diaryl/α,β-unsaturated/α-hetero) is 1. The summed E-state index contributed by atoms with van der Waals surface area (Å²) in [6, 6.07) is 15.9. The second-order valence-electron chi connectivity index (χ2n) is 8.40. The van der Waals surface area contributed by atoms with E-state index in [4.69, 9.17) is 14.2 Å². The van der Waals surface area contributed by atoms with Gasteiger partial charge in [-0.2, -0.15) is 0 Å². The summed E-state index contributed by atoms with van der Waals surface area (Å²) in [4.78, 5) is 37.9. The molecular formula is C27H24O8. The highest BCUT2D eigenvalue weighted by molar-refractivity contribution is 6.04. The quantitative estimate of drug-likeness (QED) is 0.498. The van der Waals surface area contributed by atoms with E-state index in [9.17, 15) is 24.6 Å². The number of ketones is 1. The molecule has 1 heterocycles. The van der Waals surface area contributed by atoms with E-state index in [-0.39, 0.29) is 36.4 Å². The number of hydrogen-bond donors (Lipinski definition) is 2. The van der Waals surface area contributed by atoms with Gasteiger partial charge >= 0.3 is 11.9 Å². The van der Waals surface area contributed by atoms with Crippen molar-refractivity contribution < 1.29 is 38.8 Å². The van der Waals surface area contributed by atoms with Gasteiger partial charge in [0.2, 0.25) is 0 Å². The van der Waals surface area contributed by atoms with E-state index in [0.717, 1.165) is 0 Å². The van der Waals surface area contributed by atoms with Crippen LogP contribution < -0.4 is 14.2 Å². The number of methoxy groups -OCH3 is 2. The van der Waals surface area contributed by atoms with Crippen molar-refractivity contribution in [3.8, 4) is 17.2 Å². The number of carbonyl (C=O) groups is 3. The Labute approximate surface area is 201 Å². The second-order valence-corrected chi connectivity index (χ2v) is 8.40. The molecule has 3 aromatic carbocycles. The lowest BCUT2D eigenvalue weighted by molar-refractivity contribution is 0.0587. The summed E-state index contributed by atoms with van der Waals surface area (Å²) in [6.45, 7) is -0.0601. The maximum absolute atomic E-state index is 14.0. The third kappa shape index (κ3) is 4.55. The van der Waals surface area contributed by atoms with Gasteiger partial charge in [0, 0.05) is 0 Å². The molecule has 0 fully saturated rings. The van der Waals surface area contributed by atoms with Crippen molar-refractivity contribution in [2.24, 2.45) is 5.41 Å². The van der Waals surface area contributed by atoms with E-state index in [0.29, 0.717) is 33.9 Å². The number of carbonyl (C=O) groups excluding carboxylic acids is 1. The fourth-order valence-electron chi connectivity index (χ4n) is 4.51. The number of rotatable bonds is 8. The van der Waals surface area contributed by atoms with Crippen LogP contribution in [0.15, 0.2) is 60.7 Å². The lowest BCUT2D eigenvalue weighted by Crippen LogP contribution is -2.45. The maximum atomic E-state index is 14.0. The molecule has 0 atom stereocenters. The Bertz CT molecular complexity index is 1240. The predicted molar refractivity (Wildman–Crippen MR) is 126 cm³/mol. The molecule has 180 valence electrons. The lowest BCUT2D eigenvalue weighted by Gasteiger charge is -2.37. The molecule has 0 aromatic heterocycles. The van der Waals surface area contributed by atoms with Crippen LogP contribution >= 0.6 is 0 Å². The fraction of sp³-hybridized carbons (Fsp3) is 0.222. The van der Waals surface area contributed by atoms with Gasteiger partial charge in [0.15, 0.2) is 5.78 Å². The van der Waals surface area contributed by atoms with Gasteiger partial charge in [0.1, 0.15) is 23.9 Å². The fourth-order valence-corrected chi connectivity index (χ4v) is 4.51. The van der Waals surface area contributed by atoms with Crippen molar-refractivity contribution in [2.75, 3.05) is 20.8 Å². The average Bonchev–Trinajstić information content (AvgIpc) is 2.86. The normalized spacial score (nSPS) is 13.9. The Balaban J connectivity index is 1.89. The molecule has 8 nitrogen and oxygen atoms in total. The Morgan fingerprint density at radius 2 is 1.37 bits per heavy atom. The van der Waals surface area contributed by atoms with Crippen molar-refractivity contribution in [2.45, 2.75) is 12.8 Å². The molecule has 0 radical (unpaired) electrons. The molecule has 0 saturated carbocycles. The summed E-state index contributed by atoms with van der Waals surface area (Å²) in [6.07, 6.45) is -0.00939.